The van der Waals surface area contributed by atoms with Gasteiger partial charge < -0.3 is 10.1 Å². The first kappa shape index (κ1) is 13.3. The second kappa shape index (κ2) is 6.06. The van der Waals surface area contributed by atoms with E-state index < -0.39 is 6.03 Å². The van der Waals surface area contributed by atoms with E-state index >= 15 is 0 Å². The Bertz CT molecular complexity index is 265. The van der Waals surface area contributed by atoms with Crippen molar-refractivity contribution in [1.82, 2.24) is 10.6 Å². The lowest BCUT2D eigenvalue weighted by atomic mass is 9.95. The van der Waals surface area contributed by atoms with Gasteiger partial charge in [-0.2, -0.15) is 0 Å². The molecule has 0 aromatic rings. The molecule has 1 rings (SSSR count). The number of rotatable bonds is 3. The molecule has 92 valence electrons. The zero-order chi connectivity index (χ0) is 12.0. The molecule has 0 aromatic carbocycles. The number of nitrogens with one attached hydrogen (secondary N) is 2. The van der Waals surface area contributed by atoms with Crippen molar-refractivity contribution in [3.05, 3.63) is 0 Å². The molecule has 5 nitrogen and oxygen atoms in total. The van der Waals surface area contributed by atoms with Crippen molar-refractivity contribution >= 4 is 23.5 Å². The van der Waals surface area contributed by atoms with Crippen molar-refractivity contribution in [1.29, 1.82) is 0 Å². The number of hydrogen-bond donors (Lipinski definition) is 2. The Morgan fingerprint density at radius 2 is 2.25 bits per heavy atom. The van der Waals surface area contributed by atoms with Crippen LogP contribution in [0.4, 0.5) is 4.79 Å². The van der Waals surface area contributed by atoms with Crippen molar-refractivity contribution < 1.29 is 14.3 Å². The van der Waals surface area contributed by atoms with Crippen LogP contribution in [0.1, 0.15) is 26.2 Å². The minimum Gasteiger partial charge on any atom is -0.379 e. The summed E-state index contributed by atoms with van der Waals surface area (Å²) in [5.74, 6) is -0.160. The third kappa shape index (κ3) is 4.37. The molecule has 1 saturated heterocycles. The zero-order valence-electron chi connectivity index (χ0n) is 9.35. The lowest BCUT2D eigenvalue weighted by Gasteiger charge is -2.34. The molecule has 0 spiro atoms. The highest BCUT2D eigenvalue weighted by Gasteiger charge is 2.29. The predicted molar refractivity (Wildman–Crippen MR) is 60.5 cm³/mol. The summed E-state index contributed by atoms with van der Waals surface area (Å²) in [7, 11) is 0. The lowest BCUT2D eigenvalue weighted by molar-refractivity contribution is -0.119. The Morgan fingerprint density at radius 3 is 2.81 bits per heavy atom. The zero-order valence-corrected chi connectivity index (χ0v) is 10.1. The average Bonchev–Trinajstić information content (AvgIpc) is 2.17. The van der Waals surface area contributed by atoms with E-state index in [9.17, 15) is 9.59 Å². The maximum Gasteiger partial charge on any atom is 0.321 e. The van der Waals surface area contributed by atoms with E-state index in [1.165, 1.54) is 0 Å². The molecule has 2 N–H and O–H groups in total. The Morgan fingerprint density at radius 1 is 1.50 bits per heavy atom. The Balaban J connectivity index is 2.35. The van der Waals surface area contributed by atoms with Gasteiger partial charge in [0, 0.05) is 18.9 Å². The van der Waals surface area contributed by atoms with Gasteiger partial charge in [0.1, 0.15) is 0 Å². The molecule has 1 fully saturated rings. The van der Waals surface area contributed by atoms with Crippen LogP contribution in [0.25, 0.3) is 0 Å². The summed E-state index contributed by atoms with van der Waals surface area (Å²) in [4.78, 5) is 22.6. The predicted octanol–water partition coefficient (Wildman–Crippen LogP) is 1.01. The number of carbonyl (C=O) groups excluding carboxylic acids is 2. The van der Waals surface area contributed by atoms with E-state index in [1.807, 2.05) is 6.92 Å². The molecule has 1 aliphatic heterocycles. The van der Waals surface area contributed by atoms with Gasteiger partial charge in [-0.05, 0) is 19.8 Å². The van der Waals surface area contributed by atoms with Crippen molar-refractivity contribution in [2.24, 2.45) is 0 Å². The Hall–Kier alpha value is -0.810. The van der Waals surface area contributed by atoms with E-state index in [-0.39, 0.29) is 23.7 Å². The maximum absolute atomic E-state index is 11.5. The number of urea groups is 1. The molecule has 1 heterocycles. The molecule has 0 aromatic heterocycles. The summed E-state index contributed by atoms with van der Waals surface area (Å²) >= 11 is 5.39. The fraction of sp³-hybridized carbons (Fsp3) is 0.800. The first-order chi connectivity index (χ1) is 7.56. The van der Waals surface area contributed by atoms with Crippen molar-refractivity contribution in [2.75, 3.05) is 19.1 Å². The smallest absolute Gasteiger partial charge is 0.321 e. The normalized spacial score (nSPS) is 24.9. The average molecular weight is 249 g/mol. The molecule has 16 heavy (non-hydrogen) atoms. The highest BCUT2D eigenvalue weighted by atomic mass is 35.5. The van der Waals surface area contributed by atoms with E-state index in [1.54, 1.807) is 0 Å². The highest BCUT2D eigenvalue weighted by molar-refractivity contribution is 6.19. The van der Waals surface area contributed by atoms with Gasteiger partial charge in [-0.15, -0.1) is 11.6 Å². The van der Waals surface area contributed by atoms with Gasteiger partial charge in [0.05, 0.1) is 12.1 Å². The summed E-state index contributed by atoms with van der Waals surface area (Å²) in [6.45, 7) is 3.10. The van der Waals surface area contributed by atoms with E-state index in [0.29, 0.717) is 6.61 Å². The maximum atomic E-state index is 11.5. The number of ether oxygens (including phenoxy) is 1. The number of imide groups is 1. The number of amides is 3. The monoisotopic (exact) mass is 248 g/mol. The summed E-state index contributed by atoms with van der Waals surface area (Å²) in [6.07, 6.45) is 1.90. The number of halogens is 1. The van der Waals surface area contributed by atoms with Gasteiger partial charge in [0.2, 0.25) is 5.91 Å². The SMILES string of the molecule is CC1(NC(=O)NC(=O)CCCl)CCCOC1. The molecule has 0 aliphatic carbocycles. The van der Waals surface area contributed by atoms with Gasteiger partial charge in [0.15, 0.2) is 0 Å². The Kier molecular flexibility index (Phi) is 5.02. The largest absolute Gasteiger partial charge is 0.379 e. The standard InChI is InChI=1S/C10H17ClN2O3/c1-10(4-2-6-16-7-10)13-9(15)12-8(14)3-5-11/h2-7H2,1H3,(H2,12,13,14,15). The first-order valence-corrected chi connectivity index (χ1v) is 5.85. The van der Waals surface area contributed by atoms with Crippen LogP contribution in [0.5, 0.6) is 0 Å². The van der Waals surface area contributed by atoms with Crippen LogP contribution in [-0.2, 0) is 9.53 Å². The molecule has 3 amide bonds. The molecular formula is C10H17ClN2O3. The first-order valence-electron chi connectivity index (χ1n) is 5.31. The quantitative estimate of drug-likeness (QED) is 0.733. The Labute approximate surface area is 99.9 Å². The molecular weight excluding hydrogens is 232 g/mol. The van der Waals surface area contributed by atoms with Gasteiger partial charge in [0.25, 0.3) is 0 Å². The topological polar surface area (TPSA) is 67.4 Å². The number of carbonyl (C=O) groups is 2. The van der Waals surface area contributed by atoms with Gasteiger partial charge in [-0.25, -0.2) is 4.79 Å². The van der Waals surface area contributed by atoms with E-state index in [4.69, 9.17) is 16.3 Å². The summed E-state index contributed by atoms with van der Waals surface area (Å²) < 4.78 is 5.29. The fourth-order valence-electron chi connectivity index (χ4n) is 1.61. The molecule has 6 heteroatoms. The van der Waals surface area contributed by atoms with Crippen molar-refractivity contribution in [2.45, 2.75) is 31.7 Å². The third-order valence-corrected chi connectivity index (χ3v) is 2.62. The van der Waals surface area contributed by atoms with Crippen LogP contribution >= 0.6 is 11.6 Å². The van der Waals surface area contributed by atoms with Crippen molar-refractivity contribution in [3.63, 3.8) is 0 Å². The van der Waals surface area contributed by atoms with Crippen LogP contribution in [0.2, 0.25) is 0 Å². The third-order valence-electron chi connectivity index (χ3n) is 2.43. The lowest BCUT2D eigenvalue weighted by Crippen LogP contribution is -2.55. The van der Waals surface area contributed by atoms with Crippen LogP contribution in [0.3, 0.4) is 0 Å². The van der Waals surface area contributed by atoms with Crippen LogP contribution in [0, 0.1) is 0 Å². The van der Waals surface area contributed by atoms with Gasteiger partial charge >= 0.3 is 6.03 Å². The van der Waals surface area contributed by atoms with Gasteiger partial charge in [-0.3, -0.25) is 10.1 Å². The summed E-state index contributed by atoms with van der Waals surface area (Å²) in [5, 5.41) is 4.97. The van der Waals surface area contributed by atoms with Crippen LogP contribution < -0.4 is 10.6 Å². The minimum absolute atomic E-state index is 0.141. The molecule has 0 saturated carbocycles. The second-order valence-electron chi connectivity index (χ2n) is 4.16. The molecule has 1 unspecified atom stereocenters. The van der Waals surface area contributed by atoms with Crippen LogP contribution in [0.15, 0.2) is 0 Å². The highest BCUT2D eigenvalue weighted by Crippen LogP contribution is 2.17. The second-order valence-corrected chi connectivity index (χ2v) is 4.54. The van der Waals surface area contributed by atoms with Gasteiger partial charge in [-0.1, -0.05) is 0 Å². The molecule has 1 aliphatic rings. The van der Waals surface area contributed by atoms with Crippen molar-refractivity contribution in [3.8, 4) is 0 Å². The molecule has 0 radical (unpaired) electrons. The molecule has 0 bridgehead atoms. The molecule has 1 atom stereocenters. The van der Waals surface area contributed by atoms with Crippen LogP contribution in [-0.4, -0.2) is 36.6 Å². The minimum atomic E-state index is -0.483. The number of alkyl halides is 1. The summed E-state index contributed by atoms with van der Waals surface area (Å²) in [6, 6.07) is -0.483. The fourth-order valence-corrected chi connectivity index (χ4v) is 1.78. The summed E-state index contributed by atoms with van der Waals surface area (Å²) in [5.41, 5.74) is -0.385. The van der Waals surface area contributed by atoms with E-state index in [2.05, 4.69) is 10.6 Å². The van der Waals surface area contributed by atoms with E-state index in [0.717, 1.165) is 19.4 Å². The number of hydrogen-bond acceptors (Lipinski definition) is 3.